The van der Waals surface area contributed by atoms with Crippen molar-refractivity contribution in [3.8, 4) is 5.75 Å². The molecule has 1 aliphatic rings. The van der Waals surface area contributed by atoms with Gasteiger partial charge < -0.3 is 20.7 Å². The van der Waals surface area contributed by atoms with Crippen molar-refractivity contribution >= 4 is 17.5 Å². The van der Waals surface area contributed by atoms with Crippen LogP contribution >= 0.6 is 0 Å². The quantitative estimate of drug-likeness (QED) is 0.707. The topological polar surface area (TPSA) is 85.9 Å². The van der Waals surface area contributed by atoms with Gasteiger partial charge in [-0.2, -0.15) is 0 Å². The lowest BCUT2D eigenvalue weighted by molar-refractivity contribution is -0.928. The first-order valence-electron chi connectivity index (χ1n) is 9.64. The maximum absolute atomic E-state index is 13.4. The third-order valence-corrected chi connectivity index (χ3v) is 5.38. The highest BCUT2D eigenvalue weighted by Crippen LogP contribution is 2.26. The maximum Gasteiger partial charge on any atom is 0.287 e. The highest BCUT2D eigenvalue weighted by atomic mass is 16.5. The number of carbonyl (C=O) groups is 2. The molecule has 0 aromatic heterocycles. The van der Waals surface area contributed by atoms with Crippen LogP contribution in [0.15, 0.2) is 48.5 Å². The summed E-state index contributed by atoms with van der Waals surface area (Å²) in [7, 11) is 1.59. The van der Waals surface area contributed by atoms with Crippen LogP contribution in [0.5, 0.6) is 5.75 Å². The average Bonchev–Trinajstić information content (AvgIpc) is 2.69. The van der Waals surface area contributed by atoms with Gasteiger partial charge >= 0.3 is 0 Å². The minimum absolute atomic E-state index is 0.116. The van der Waals surface area contributed by atoms with Crippen LogP contribution < -0.4 is 20.7 Å². The van der Waals surface area contributed by atoms with Crippen molar-refractivity contribution in [1.82, 2.24) is 0 Å². The van der Waals surface area contributed by atoms with Crippen LogP contribution in [-0.2, 0) is 9.59 Å². The SMILES string of the molecule is COc1ccc(C)cc1NC(=O)[C@H](c1ccccc1)[NH+]1CCC[C@H](C(N)=O)C1. The van der Waals surface area contributed by atoms with E-state index in [1.165, 1.54) is 0 Å². The minimum Gasteiger partial charge on any atom is -0.495 e. The van der Waals surface area contributed by atoms with Gasteiger partial charge in [0.05, 0.1) is 31.8 Å². The Balaban J connectivity index is 1.90. The Bertz CT molecular complexity index is 838. The third kappa shape index (κ3) is 4.51. The van der Waals surface area contributed by atoms with Crippen molar-refractivity contribution in [3.05, 3.63) is 59.7 Å². The summed E-state index contributed by atoms with van der Waals surface area (Å²) in [4.78, 5) is 26.2. The van der Waals surface area contributed by atoms with E-state index in [2.05, 4.69) is 5.32 Å². The molecule has 4 N–H and O–H groups in total. The smallest absolute Gasteiger partial charge is 0.287 e. The monoisotopic (exact) mass is 382 g/mol. The summed E-state index contributed by atoms with van der Waals surface area (Å²) < 4.78 is 5.40. The molecule has 6 heteroatoms. The average molecular weight is 382 g/mol. The number of carbonyl (C=O) groups excluding carboxylic acids is 2. The second-order valence-electron chi connectivity index (χ2n) is 7.39. The molecule has 6 nitrogen and oxygen atoms in total. The minimum atomic E-state index is -0.423. The van der Waals surface area contributed by atoms with E-state index >= 15 is 0 Å². The summed E-state index contributed by atoms with van der Waals surface area (Å²) in [5, 5.41) is 3.04. The molecule has 0 aliphatic carbocycles. The molecular weight excluding hydrogens is 354 g/mol. The van der Waals surface area contributed by atoms with Gasteiger partial charge in [-0.3, -0.25) is 9.59 Å². The number of nitrogens with one attached hydrogen (secondary N) is 2. The van der Waals surface area contributed by atoms with Crippen molar-refractivity contribution < 1.29 is 19.2 Å². The first-order valence-corrected chi connectivity index (χ1v) is 9.64. The maximum atomic E-state index is 13.4. The van der Waals surface area contributed by atoms with Gasteiger partial charge in [0.2, 0.25) is 5.91 Å². The Kier molecular flexibility index (Phi) is 6.31. The zero-order chi connectivity index (χ0) is 20.1. The first-order chi connectivity index (χ1) is 13.5. The molecular formula is C22H28N3O3+. The van der Waals surface area contributed by atoms with E-state index in [0.717, 1.165) is 35.4 Å². The number of benzene rings is 2. The number of hydrogen-bond donors (Lipinski definition) is 3. The number of likely N-dealkylation sites (tertiary alicyclic amines) is 1. The summed E-state index contributed by atoms with van der Waals surface area (Å²) in [6.07, 6.45) is 1.65. The van der Waals surface area contributed by atoms with Gasteiger partial charge in [-0.25, -0.2) is 0 Å². The first kappa shape index (κ1) is 19.9. The summed E-state index contributed by atoms with van der Waals surface area (Å²) in [6.45, 7) is 3.35. The molecule has 3 atom stereocenters. The highest BCUT2D eigenvalue weighted by molar-refractivity contribution is 5.96. The second kappa shape index (κ2) is 8.89. The van der Waals surface area contributed by atoms with Gasteiger partial charge in [0.25, 0.3) is 5.91 Å². The largest absolute Gasteiger partial charge is 0.495 e. The number of aryl methyl sites for hydroxylation is 1. The highest BCUT2D eigenvalue weighted by Gasteiger charge is 2.37. The van der Waals surface area contributed by atoms with Crippen molar-refractivity contribution in [3.63, 3.8) is 0 Å². The number of rotatable bonds is 6. The van der Waals surface area contributed by atoms with Crippen LogP contribution in [0.1, 0.15) is 30.0 Å². The van der Waals surface area contributed by atoms with E-state index in [1.807, 2.05) is 55.5 Å². The van der Waals surface area contributed by atoms with E-state index in [0.29, 0.717) is 18.0 Å². The fourth-order valence-corrected chi connectivity index (χ4v) is 3.94. The molecule has 2 amide bonds. The number of methoxy groups -OCH3 is 1. The number of anilines is 1. The van der Waals surface area contributed by atoms with E-state index in [9.17, 15) is 9.59 Å². The molecule has 1 unspecified atom stereocenters. The molecule has 0 saturated carbocycles. The van der Waals surface area contributed by atoms with Crippen LogP contribution in [0.4, 0.5) is 5.69 Å². The lowest BCUT2D eigenvalue weighted by atomic mass is 9.94. The zero-order valence-electron chi connectivity index (χ0n) is 16.4. The summed E-state index contributed by atoms with van der Waals surface area (Å²) in [5.41, 5.74) is 8.16. The van der Waals surface area contributed by atoms with E-state index in [4.69, 9.17) is 10.5 Å². The molecule has 0 bridgehead atoms. The Morgan fingerprint density at radius 3 is 2.64 bits per heavy atom. The van der Waals surface area contributed by atoms with Crippen LogP contribution in [0.3, 0.4) is 0 Å². The molecule has 148 valence electrons. The molecule has 1 saturated heterocycles. The predicted molar refractivity (Wildman–Crippen MR) is 108 cm³/mol. The van der Waals surface area contributed by atoms with Crippen molar-refractivity contribution in [1.29, 1.82) is 0 Å². The molecule has 2 aromatic carbocycles. The number of primary amides is 1. The summed E-state index contributed by atoms with van der Waals surface area (Å²) in [6, 6.07) is 15.0. The normalized spacial score (nSPS) is 20.2. The number of quaternary nitrogens is 1. The van der Waals surface area contributed by atoms with Crippen LogP contribution in [0.2, 0.25) is 0 Å². The fourth-order valence-electron chi connectivity index (χ4n) is 3.94. The number of hydrogen-bond acceptors (Lipinski definition) is 3. The molecule has 1 fully saturated rings. The Hall–Kier alpha value is -2.86. The van der Waals surface area contributed by atoms with Gasteiger partial charge in [0.1, 0.15) is 5.75 Å². The third-order valence-electron chi connectivity index (χ3n) is 5.38. The predicted octanol–water partition coefficient (Wildman–Crippen LogP) is 1.46. The van der Waals surface area contributed by atoms with E-state index in [1.54, 1.807) is 7.11 Å². The van der Waals surface area contributed by atoms with Gasteiger partial charge in [-0.1, -0.05) is 36.4 Å². The zero-order valence-corrected chi connectivity index (χ0v) is 16.4. The molecule has 0 radical (unpaired) electrons. The lowest BCUT2D eigenvalue weighted by Gasteiger charge is -2.33. The number of amides is 2. The molecule has 28 heavy (non-hydrogen) atoms. The van der Waals surface area contributed by atoms with Crippen molar-refractivity contribution in [2.24, 2.45) is 11.7 Å². The van der Waals surface area contributed by atoms with Gasteiger partial charge in [0, 0.05) is 5.56 Å². The molecule has 1 aliphatic heterocycles. The number of ether oxygens (including phenoxy) is 1. The fraction of sp³-hybridized carbons (Fsp3) is 0.364. The van der Waals surface area contributed by atoms with Gasteiger partial charge in [-0.05, 0) is 37.5 Å². The van der Waals surface area contributed by atoms with Crippen LogP contribution in [-0.4, -0.2) is 32.0 Å². The Morgan fingerprint density at radius 1 is 1.21 bits per heavy atom. The Morgan fingerprint density at radius 2 is 1.96 bits per heavy atom. The van der Waals surface area contributed by atoms with Crippen LogP contribution in [0, 0.1) is 12.8 Å². The number of piperidine rings is 1. The summed E-state index contributed by atoms with van der Waals surface area (Å²) >= 11 is 0. The Labute approximate surface area is 165 Å². The molecule has 0 spiro atoms. The summed E-state index contributed by atoms with van der Waals surface area (Å²) in [5.74, 6) is 0.0191. The van der Waals surface area contributed by atoms with Crippen LogP contribution in [0.25, 0.3) is 0 Å². The molecule has 1 heterocycles. The van der Waals surface area contributed by atoms with Gasteiger partial charge in [0.15, 0.2) is 6.04 Å². The van der Waals surface area contributed by atoms with Gasteiger partial charge in [-0.15, -0.1) is 0 Å². The van der Waals surface area contributed by atoms with E-state index in [-0.39, 0.29) is 17.7 Å². The van der Waals surface area contributed by atoms with E-state index < -0.39 is 6.04 Å². The lowest BCUT2D eigenvalue weighted by Crippen LogP contribution is -3.15. The number of nitrogens with two attached hydrogens (primary N) is 1. The van der Waals surface area contributed by atoms with Crippen molar-refractivity contribution in [2.45, 2.75) is 25.8 Å². The molecule has 3 rings (SSSR count). The second-order valence-corrected chi connectivity index (χ2v) is 7.39. The van der Waals surface area contributed by atoms with Crippen molar-refractivity contribution in [2.75, 3.05) is 25.5 Å². The standard InChI is InChI=1S/C22H27N3O3/c1-15-10-11-19(28-2)18(13-15)24-22(27)20(16-7-4-3-5-8-16)25-12-6-9-17(14-25)21(23)26/h3-5,7-8,10-11,13,17,20H,6,9,12,14H2,1-2H3,(H2,23,26)(H,24,27)/p+1/t17-,20-/m0/s1. The molecule has 2 aromatic rings.